The van der Waals surface area contributed by atoms with Gasteiger partial charge in [-0.3, -0.25) is 4.79 Å². The lowest BCUT2D eigenvalue weighted by Gasteiger charge is -2.48. The molecule has 3 fully saturated rings. The van der Waals surface area contributed by atoms with E-state index < -0.39 is 96.0 Å². The Balaban J connectivity index is 0.00000756. The Kier molecular flexibility index (Phi) is 19.6. The van der Waals surface area contributed by atoms with Gasteiger partial charge in [-0.2, -0.15) is 0 Å². The van der Waals surface area contributed by atoms with Crippen molar-refractivity contribution in [1.29, 1.82) is 0 Å². The molecule has 16 nitrogen and oxygen atoms in total. The van der Waals surface area contributed by atoms with Crippen LogP contribution in [0.2, 0.25) is 0 Å². The minimum atomic E-state index is -1.80. The Bertz CT molecular complexity index is 1160. The van der Waals surface area contributed by atoms with E-state index in [1.807, 2.05) is 65.6 Å². The van der Waals surface area contributed by atoms with Gasteiger partial charge in [-0.25, -0.2) is 0 Å². The van der Waals surface area contributed by atoms with Gasteiger partial charge in [-0.05, 0) is 94.8 Å². The Morgan fingerprint density at radius 1 is 0.927 bits per heavy atom. The number of aliphatic hydroxyl groups is 5. The number of carbonyl (C=O) groups excluding carboxylic acids is 1. The number of hydrogen-bond acceptors (Lipinski definition) is 14. The van der Waals surface area contributed by atoms with Crippen molar-refractivity contribution in [2.75, 3.05) is 34.8 Å². The Labute approximate surface area is 329 Å². The molecule has 0 saturated carbocycles. The van der Waals surface area contributed by atoms with Crippen LogP contribution in [0.4, 0.5) is 0 Å². The molecule has 16 heteroatoms. The number of carbonyl (C=O) groups is 1. The van der Waals surface area contributed by atoms with Crippen LogP contribution in [0.3, 0.4) is 0 Å². The molecule has 0 radical (unpaired) electrons. The first kappa shape index (κ1) is 51.9. The second-order valence-electron chi connectivity index (χ2n) is 17.5. The lowest BCUT2D eigenvalue weighted by atomic mass is 9.77. The van der Waals surface area contributed by atoms with Gasteiger partial charge in [-0.1, -0.05) is 27.2 Å². The van der Waals surface area contributed by atoms with Crippen molar-refractivity contribution < 1.29 is 69.7 Å². The van der Waals surface area contributed by atoms with Gasteiger partial charge in [0.25, 0.3) is 0 Å². The first-order valence-electron chi connectivity index (χ1n) is 19.6. The van der Waals surface area contributed by atoms with Crippen molar-refractivity contribution >= 4 is 5.97 Å². The highest BCUT2D eigenvalue weighted by Crippen LogP contribution is 2.40. The summed E-state index contributed by atoms with van der Waals surface area (Å²) in [4.78, 5) is 18.2. The van der Waals surface area contributed by atoms with E-state index in [0.29, 0.717) is 25.8 Å². The van der Waals surface area contributed by atoms with Gasteiger partial charge in [0.15, 0.2) is 12.6 Å². The number of likely N-dealkylation sites (N-methyl/N-ethyl adjacent to an activating group) is 2. The lowest BCUT2D eigenvalue weighted by molar-refractivity contribution is -0.318. The van der Waals surface area contributed by atoms with Crippen molar-refractivity contribution in [3.8, 4) is 0 Å². The van der Waals surface area contributed by atoms with Gasteiger partial charge in [0.1, 0.15) is 30.0 Å². The minimum Gasteiger partial charge on any atom is -0.459 e. The van der Waals surface area contributed by atoms with E-state index in [1.165, 1.54) is 14.0 Å². The SMILES string of the molecule is CCC[C@H]1OC(=O)[C@H](C)[C@@H](O[C@H]2C[C@@](C)(OC)[C@@H](O)[C@H](C)O2)[C@H](C)[C@@H](O[C@@H]2O[C@H](C)C[C@H](N(C)C)[C@H]2O)[C@](C)(O)C[C@@H](C)CN(C)[C@H](C)[C@@H](O)[C@]1(C)O.O.O. The maximum atomic E-state index is 14.3. The third kappa shape index (κ3) is 12.0. The van der Waals surface area contributed by atoms with E-state index in [2.05, 4.69) is 0 Å². The van der Waals surface area contributed by atoms with E-state index in [9.17, 15) is 30.3 Å². The molecule has 0 unspecified atom stereocenters. The van der Waals surface area contributed by atoms with E-state index in [1.54, 1.807) is 27.7 Å². The summed E-state index contributed by atoms with van der Waals surface area (Å²) in [6.07, 6.45) is -7.53. The third-order valence-corrected chi connectivity index (χ3v) is 12.4. The number of esters is 1. The van der Waals surface area contributed by atoms with Gasteiger partial charge in [0.05, 0.1) is 41.5 Å². The third-order valence-electron chi connectivity index (χ3n) is 12.4. The molecule has 328 valence electrons. The molecule has 18 atom stereocenters. The van der Waals surface area contributed by atoms with Crippen molar-refractivity contribution in [2.45, 2.75) is 192 Å². The summed E-state index contributed by atoms with van der Waals surface area (Å²) in [5.74, 6) is -2.57. The second kappa shape index (κ2) is 20.7. The summed E-state index contributed by atoms with van der Waals surface area (Å²) in [5, 5.41) is 58.4. The maximum Gasteiger partial charge on any atom is 0.311 e. The summed E-state index contributed by atoms with van der Waals surface area (Å²) < 4.78 is 37.7. The van der Waals surface area contributed by atoms with Gasteiger partial charge in [-0.15, -0.1) is 0 Å². The summed E-state index contributed by atoms with van der Waals surface area (Å²) in [6.45, 7) is 18.2. The molecule has 3 heterocycles. The van der Waals surface area contributed by atoms with E-state index in [-0.39, 0.29) is 41.9 Å². The number of hydrogen-bond donors (Lipinski definition) is 5. The standard InChI is InChI=1S/C39H74N2O12.2H2O/c1-15-16-28-39(10,47)32(43)25(6)41(13)20-21(2)18-37(8,46)34(53-36-30(42)27(40(11)12)17-22(3)49-36)23(4)31(24(5)35(45)51-28)52-29-19-38(9,48-14)33(44)26(7)50-29;;/h21-34,36,42-44,46-47H,15-20H2,1-14H3;2*1H2/t21-,22-,23+,24-,25-,26+,27+,28-,29+,30-,31+,32-,33+,34-,36+,37-,38-,39-;;/m1../s1. The summed E-state index contributed by atoms with van der Waals surface area (Å²) in [5.41, 5.74) is -4.38. The molecule has 3 aliphatic rings. The first-order valence-corrected chi connectivity index (χ1v) is 19.6. The number of cyclic esters (lactones) is 1. The normalized spacial score (nSPS) is 47.1. The molecule has 0 aromatic heterocycles. The highest BCUT2D eigenvalue weighted by Gasteiger charge is 2.52. The first-order chi connectivity index (χ1) is 24.4. The molecule has 9 N–H and O–H groups in total. The molecule has 55 heavy (non-hydrogen) atoms. The van der Waals surface area contributed by atoms with Crippen LogP contribution in [0.25, 0.3) is 0 Å². The quantitative estimate of drug-likeness (QED) is 0.212. The lowest BCUT2D eigenvalue weighted by Crippen LogP contribution is -2.60. The van der Waals surface area contributed by atoms with Crippen LogP contribution in [0.15, 0.2) is 0 Å². The van der Waals surface area contributed by atoms with Gasteiger partial charge < -0.3 is 74.7 Å². The van der Waals surface area contributed by atoms with Crippen LogP contribution in [0.5, 0.6) is 0 Å². The van der Waals surface area contributed by atoms with Gasteiger partial charge >= 0.3 is 5.97 Å². The molecule has 3 saturated heterocycles. The number of methoxy groups -OCH3 is 1. The van der Waals surface area contributed by atoms with Gasteiger partial charge in [0, 0.05) is 38.1 Å². The molecule has 0 bridgehead atoms. The molecule has 0 aliphatic carbocycles. The fourth-order valence-corrected chi connectivity index (χ4v) is 8.85. The molecule has 0 amide bonds. The molecular formula is C39H78N2O14. The molecular weight excluding hydrogens is 720 g/mol. The Hall–Kier alpha value is -1.09. The van der Waals surface area contributed by atoms with Crippen molar-refractivity contribution in [2.24, 2.45) is 17.8 Å². The Morgan fingerprint density at radius 3 is 2.07 bits per heavy atom. The Morgan fingerprint density at radius 2 is 1.53 bits per heavy atom. The fraction of sp³-hybridized carbons (Fsp3) is 0.974. The van der Waals surface area contributed by atoms with Crippen molar-refractivity contribution in [3.63, 3.8) is 0 Å². The predicted octanol–water partition coefficient (Wildman–Crippen LogP) is 0.641. The molecule has 3 rings (SSSR count). The van der Waals surface area contributed by atoms with E-state index >= 15 is 0 Å². The zero-order valence-electron chi connectivity index (χ0n) is 35.9. The summed E-state index contributed by atoms with van der Waals surface area (Å²) >= 11 is 0. The average molecular weight is 799 g/mol. The summed E-state index contributed by atoms with van der Waals surface area (Å²) in [6, 6.07) is -0.808. The number of rotatable bonds is 8. The summed E-state index contributed by atoms with van der Waals surface area (Å²) in [7, 11) is 7.13. The van der Waals surface area contributed by atoms with Crippen molar-refractivity contribution in [3.05, 3.63) is 0 Å². The van der Waals surface area contributed by atoms with E-state index in [4.69, 9.17) is 28.4 Å². The van der Waals surface area contributed by atoms with Crippen molar-refractivity contribution in [1.82, 2.24) is 9.80 Å². The van der Waals surface area contributed by atoms with Crippen LogP contribution in [0, 0.1) is 17.8 Å². The molecule has 0 aromatic carbocycles. The molecule has 3 aliphatic heterocycles. The van der Waals surface area contributed by atoms with Crippen LogP contribution in [-0.4, -0.2) is 177 Å². The monoisotopic (exact) mass is 799 g/mol. The molecule has 0 spiro atoms. The maximum absolute atomic E-state index is 14.3. The fourth-order valence-electron chi connectivity index (χ4n) is 8.85. The number of nitrogens with zero attached hydrogens (tertiary/aromatic N) is 2. The minimum absolute atomic E-state index is 0. The highest BCUT2D eigenvalue weighted by atomic mass is 16.7. The largest absolute Gasteiger partial charge is 0.459 e. The second-order valence-corrected chi connectivity index (χ2v) is 17.5. The zero-order valence-corrected chi connectivity index (χ0v) is 35.9. The van der Waals surface area contributed by atoms with Gasteiger partial charge in [0.2, 0.25) is 0 Å². The van der Waals surface area contributed by atoms with Crippen LogP contribution in [0.1, 0.15) is 101 Å². The van der Waals surface area contributed by atoms with Crippen LogP contribution < -0.4 is 0 Å². The van der Waals surface area contributed by atoms with E-state index in [0.717, 1.165) is 0 Å². The zero-order chi connectivity index (χ0) is 40.4. The molecule has 0 aromatic rings. The van der Waals surface area contributed by atoms with Crippen LogP contribution in [-0.2, 0) is 33.2 Å². The average Bonchev–Trinajstić information content (AvgIpc) is 3.07. The predicted molar refractivity (Wildman–Crippen MR) is 206 cm³/mol. The number of aliphatic hydroxyl groups excluding tert-OH is 3. The smallest absolute Gasteiger partial charge is 0.311 e. The van der Waals surface area contributed by atoms with Crippen LogP contribution >= 0.6 is 0 Å². The topological polar surface area (TPSA) is 243 Å². The highest BCUT2D eigenvalue weighted by molar-refractivity contribution is 5.73. The number of ether oxygens (including phenoxy) is 6.